The largest absolute Gasteiger partial charge is 1.00 e. The van der Waals surface area contributed by atoms with E-state index in [2.05, 4.69) is 15.9 Å². The van der Waals surface area contributed by atoms with E-state index in [4.69, 9.17) is 0 Å². The zero-order valence-electron chi connectivity index (χ0n) is 7.19. The van der Waals surface area contributed by atoms with Crippen molar-refractivity contribution in [3.05, 3.63) is 38.3 Å². The predicted molar refractivity (Wildman–Crippen MR) is 45.1 cm³/mol. The van der Waals surface area contributed by atoms with Crippen LogP contribution in [0.3, 0.4) is 0 Å². The van der Waals surface area contributed by atoms with Gasteiger partial charge in [-0.1, -0.05) is 12.1 Å². The number of carbonyl (C=O) groups excluding carboxylic acids is 1. The molecule has 1 rings (SSSR count). The van der Waals surface area contributed by atoms with Crippen molar-refractivity contribution in [3.8, 4) is 0 Å². The molecule has 0 saturated carbocycles. The van der Waals surface area contributed by atoms with Gasteiger partial charge in [-0.05, 0) is 15.9 Å². The first kappa shape index (κ1) is 13.2. The molecule has 0 N–H and O–H groups in total. The van der Waals surface area contributed by atoms with Crippen molar-refractivity contribution in [1.82, 2.24) is 0 Å². The summed E-state index contributed by atoms with van der Waals surface area (Å²) in [6, 6.07) is 3.72. The number of carboxylic acid groups (broad SMARTS) is 1. The molecule has 0 aliphatic heterocycles. The van der Waals surface area contributed by atoms with Crippen LogP contribution in [-0.2, 0) is 0 Å². The second kappa shape index (κ2) is 5.15. The van der Waals surface area contributed by atoms with E-state index >= 15 is 0 Å². The van der Waals surface area contributed by atoms with E-state index in [1.54, 1.807) is 0 Å². The summed E-state index contributed by atoms with van der Waals surface area (Å²) in [6.45, 7) is 0. The molecule has 7 heteroatoms. The monoisotopic (exact) mass is 251 g/mol. The molecule has 0 fully saturated rings. The van der Waals surface area contributed by atoms with Gasteiger partial charge in [0.05, 0.1) is 10.9 Å². The van der Waals surface area contributed by atoms with E-state index in [-0.39, 0.29) is 34.6 Å². The quantitative estimate of drug-likeness (QED) is 0.337. The van der Waals surface area contributed by atoms with Gasteiger partial charge in [-0.3, -0.25) is 10.1 Å². The molecule has 1 aromatic carbocycles. The van der Waals surface area contributed by atoms with Crippen LogP contribution in [0.5, 0.6) is 0 Å². The molecule has 1 aromatic rings. The van der Waals surface area contributed by atoms with Crippen molar-refractivity contribution in [1.29, 1.82) is 0 Å². The molecule has 0 atom stereocenters. The summed E-state index contributed by atoms with van der Waals surface area (Å²) in [5.74, 6) is -1.45. The Morgan fingerprint density at radius 3 is 2.43 bits per heavy atom. The Hall–Kier alpha value is -0.833. The van der Waals surface area contributed by atoms with Gasteiger partial charge in [-0.25, -0.2) is 0 Å². The van der Waals surface area contributed by atoms with Gasteiger partial charge in [0.15, 0.2) is 0 Å². The molecule has 0 heterocycles. The smallest absolute Gasteiger partial charge is 0.545 e. The standard InChI is InChI=1S/C7H4BrNO4.Li/c8-6-4(7(10)11)2-1-3-5(6)9(12)13;/h1-3H,(H,10,11);/q;+1/p-1. The third kappa shape index (κ3) is 2.58. The number of hydrogen-bond acceptors (Lipinski definition) is 4. The fraction of sp³-hybridized carbons (Fsp3) is 0. The third-order valence-electron chi connectivity index (χ3n) is 1.39. The molecule has 68 valence electrons. The third-order valence-corrected chi connectivity index (χ3v) is 2.23. The Morgan fingerprint density at radius 1 is 1.43 bits per heavy atom. The van der Waals surface area contributed by atoms with Crippen LogP contribution in [0.1, 0.15) is 10.4 Å². The predicted octanol–water partition coefficient (Wildman–Crippen LogP) is -2.28. The summed E-state index contributed by atoms with van der Waals surface area (Å²) >= 11 is 2.82. The maximum atomic E-state index is 10.4. The first-order valence-corrected chi connectivity index (χ1v) is 3.97. The van der Waals surface area contributed by atoms with Crippen LogP contribution >= 0.6 is 15.9 Å². The Balaban J connectivity index is 0.00000169. The van der Waals surface area contributed by atoms with E-state index in [1.165, 1.54) is 18.2 Å². The second-order valence-electron chi connectivity index (χ2n) is 2.18. The van der Waals surface area contributed by atoms with Crippen LogP contribution in [0, 0.1) is 10.1 Å². The van der Waals surface area contributed by atoms with Gasteiger partial charge in [0.2, 0.25) is 0 Å². The summed E-state index contributed by atoms with van der Waals surface area (Å²) in [5, 5.41) is 20.8. The van der Waals surface area contributed by atoms with E-state index in [0.717, 1.165) is 0 Å². The molecule has 14 heavy (non-hydrogen) atoms. The van der Waals surface area contributed by atoms with E-state index in [0.29, 0.717) is 0 Å². The van der Waals surface area contributed by atoms with Crippen LogP contribution in [0.2, 0.25) is 0 Å². The van der Waals surface area contributed by atoms with Crippen LogP contribution in [0.15, 0.2) is 22.7 Å². The molecule has 0 amide bonds. The van der Waals surface area contributed by atoms with Crippen molar-refractivity contribution < 1.29 is 33.7 Å². The summed E-state index contributed by atoms with van der Waals surface area (Å²) in [6.07, 6.45) is 0. The maximum absolute atomic E-state index is 10.4. The number of carbonyl (C=O) groups is 1. The minimum absolute atomic E-state index is 0. The van der Waals surface area contributed by atoms with Crippen LogP contribution < -0.4 is 24.0 Å². The summed E-state index contributed by atoms with van der Waals surface area (Å²) in [5.41, 5.74) is -0.518. The van der Waals surface area contributed by atoms with Crippen molar-refractivity contribution in [2.75, 3.05) is 0 Å². The summed E-state index contributed by atoms with van der Waals surface area (Å²) in [7, 11) is 0. The number of aromatic carboxylic acids is 1. The molecule has 0 bridgehead atoms. The fourth-order valence-corrected chi connectivity index (χ4v) is 1.39. The summed E-state index contributed by atoms with van der Waals surface area (Å²) < 4.78 is -0.0694. The molecule has 0 radical (unpaired) electrons. The van der Waals surface area contributed by atoms with E-state index in [1.807, 2.05) is 0 Å². The number of hydrogen-bond donors (Lipinski definition) is 0. The summed E-state index contributed by atoms with van der Waals surface area (Å²) in [4.78, 5) is 20.1. The topological polar surface area (TPSA) is 83.3 Å². The zero-order valence-corrected chi connectivity index (χ0v) is 8.78. The number of nitro groups is 1. The van der Waals surface area contributed by atoms with Crippen molar-refractivity contribution in [2.24, 2.45) is 0 Å². The maximum Gasteiger partial charge on any atom is 1.00 e. The van der Waals surface area contributed by atoms with Gasteiger partial charge >= 0.3 is 18.9 Å². The Morgan fingerprint density at radius 2 is 2.00 bits per heavy atom. The number of halogens is 1. The first-order chi connectivity index (χ1) is 6.04. The number of nitrogens with zero attached hydrogens (tertiary/aromatic N) is 1. The fourth-order valence-electron chi connectivity index (χ4n) is 0.818. The van der Waals surface area contributed by atoms with Crippen LogP contribution in [0.4, 0.5) is 5.69 Å². The number of carboxylic acids is 1. The van der Waals surface area contributed by atoms with Gasteiger partial charge in [-0.2, -0.15) is 0 Å². The molecule has 0 saturated heterocycles. The minimum Gasteiger partial charge on any atom is -0.545 e. The Kier molecular flexibility index (Phi) is 4.84. The average molecular weight is 252 g/mol. The van der Waals surface area contributed by atoms with Crippen molar-refractivity contribution in [3.63, 3.8) is 0 Å². The molecule has 0 aliphatic carbocycles. The number of benzene rings is 1. The van der Waals surface area contributed by atoms with Gasteiger partial charge in [-0.15, -0.1) is 0 Å². The molecule has 0 aliphatic rings. The molecular formula is C7H3BrLiNO4. The first-order valence-electron chi connectivity index (χ1n) is 3.18. The Bertz CT molecular complexity index is 350. The van der Waals surface area contributed by atoms with E-state index < -0.39 is 10.9 Å². The van der Waals surface area contributed by atoms with Gasteiger partial charge in [0.25, 0.3) is 5.69 Å². The van der Waals surface area contributed by atoms with Gasteiger partial charge in [0, 0.05) is 11.6 Å². The molecule has 5 nitrogen and oxygen atoms in total. The normalized spacial score (nSPS) is 8.93. The minimum atomic E-state index is -1.45. The number of rotatable bonds is 2. The van der Waals surface area contributed by atoms with Gasteiger partial charge < -0.3 is 9.90 Å². The van der Waals surface area contributed by atoms with Gasteiger partial charge in [0.1, 0.15) is 4.47 Å². The van der Waals surface area contributed by atoms with Crippen LogP contribution in [0.25, 0.3) is 0 Å². The van der Waals surface area contributed by atoms with Crippen LogP contribution in [-0.4, -0.2) is 10.9 Å². The van der Waals surface area contributed by atoms with E-state index in [9.17, 15) is 20.0 Å². The van der Waals surface area contributed by atoms with Crippen molar-refractivity contribution >= 4 is 27.6 Å². The van der Waals surface area contributed by atoms with Crippen molar-refractivity contribution in [2.45, 2.75) is 0 Å². The SMILES string of the molecule is O=C([O-])c1cccc([N+](=O)[O-])c1Br.[Li+]. The molecule has 0 spiro atoms. The number of nitro benzene ring substituents is 1. The molecule has 0 unspecified atom stereocenters. The zero-order chi connectivity index (χ0) is 10.0. The molecule has 0 aromatic heterocycles. The molecular weight excluding hydrogens is 249 g/mol. The Labute approximate surface area is 99.6 Å². The second-order valence-corrected chi connectivity index (χ2v) is 2.98. The average Bonchev–Trinajstić information content (AvgIpc) is 2.03.